The summed E-state index contributed by atoms with van der Waals surface area (Å²) in [6.07, 6.45) is 2.39. The topological polar surface area (TPSA) is 97.4 Å². The second-order valence-electron chi connectivity index (χ2n) is 7.50. The van der Waals surface area contributed by atoms with Crippen LogP contribution in [0.1, 0.15) is 23.6 Å². The van der Waals surface area contributed by atoms with Crippen LogP contribution in [-0.2, 0) is 4.79 Å². The van der Waals surface area contributed by atoms with Crippen molar-refractivity contribution in [2.24, 2.45) is 0 Å². The van der Waals surface area contributed by atoms with E-state index >= 15 is 0 Å². The van der Waals surface area contributed by atoms with E-state index in [-0.39, 0.29) is 24.0 Å². The van der Waals surface area contributed by atoms with E-state index < -0.39 is 0 Å². The molecule has 0 aliphatic carbocycles. The third kappa shape index (κ3) is 4.74. The number of amides is 1. The molecule has 0 radical (unpaired) electrons. The van der Waals surface area contributed by atoms with E-state index in [4.69, 9.17) is 9.47 Å². The second-order valence-corrected chi connectivity index (χ2v) is 7.50. The van der Waals surface area contributed by atoms with Crippen LogP contribution in [0.3, 0.4) is 0 Å². The number of ether oxygens (including phenoxy) is 2. The van der Waals surface area contributed by atoms with E-state index in [1.165, 1.54) is 6.07 Å². The summed E-state index contributed by atoms with van der Waals surface area (Å²) >= 11 is 0. The summed E-state index contributed by atoms with van der Waals surface area (Å²) in [4.78, 5) is 38.2. The number of nitrogens with zero attached hydrogens (tertiary/aromatic N) is 3. The second kappa shape index (κ2) is 8.99. The Morgan fingerprint density at radius 3 is 2.87 bits per heavy atom. The fraction of sp³-hybridized carbons (Fsp3) is 0.304. The highest BCUT2D eigenvalue weighted by Gasteiger charge is 2.29. The van der Waals surface area contributed by atoms with Gasteiger partial charge in [0.05, 0.1) is 12.8 Å². The van der Waals surface area contributed by atoms with Crippen molar-refractivity contribution in [1.29, 1.82) is 0 Å². The average Bonchev–Trinajstić information content (AvgIpc) is 3.29. The van der Waals surface area contributed by atoms with Gasteiger partial charge in [-0.3, -0.25) is 14.6 Å². The van der Waals surface area contributed by atoms with Crippen molar-refractivity contribution in [3.05, 3.63) is 70.3 Å². The van der Waals surface area contributed by atoms with Gasteiger partial charge in [0.15, 0.2) is 23.9 Å². The number of rotatable bonds is 6. The van der Waals surface area contributed by atoms with Gasteiger partial charge in [-0.25, -0.2) is 4.98 Å². The minimum atomic E-state index is -0.231. The molecule has 1 saturated heterocycles. The van der Waals surface area contributed by atoms with E-state index in [1.54, 1.807) is 36.4 Å². The standard InChI is InChI=1S/C23H24N4O4/c1-15-6-7-19(20(11-15)30-2)31-14-22(29)27-10-8-16(13-27)18-12-21(28)26-23(25-18)17-5-3-4-9-24-17/h3-7,9,11-12,16H,8,10,13-14H2,1-2H3,(H,25,26,28)/t16-/m1/s1. The molecule has 1 fully saturated rings. The first-order valence-corrected chi connectivity index (χ1v) is 10.1. The van der Waals surface area contributed by atoms with Gasteiger partial charge in [0.2, 0.25) is 0 Å². The van der Waals surface area contributed by atoms with Crippen molar-refractivity contribution in [3.8, 4) is 23.0 Å². The van der Waals surface area contributed by atoms with Crippen LogP contribution < -0.4 is 15.0 Å². The van der Waals surface area contributed by atoms with Gasteiger partial charge in [-0.1, -0.05) is 12.1 Å². The van der Waals surface area contributed by atoms with Crippen LogP contribution in [0.15, 0.2) is 53.5 Å². The first-order chi connectivity index (χ1) is 15.0. The minimum Gasteiger partial charge on any atom is -0.493 e. The predicted molar refractivity (Wildman–Crippen MR) is 115 cm³/mol. The Morgan fingerprint density at radius 1 is 1.23 bits per heavy atom. The number of methoxy groups -OCH3 is 1. The van der Waals surface area contributed by atoms with E-state index in [9.17, 15) is 9.59 Å². The van der Waals surface area contributed by atoms with Crippen LogP contribution in [0.2, 0.25) is 0 Å². The lowest BCUT2D eigenvalue weighted by atomic mass is 10.0. The van der Waals surface area contributed by atoms with Crippen molar-refractivity contribution in [3.63, 3.8) is 0 Å². The summed E-state index contributed by atoms with van der Waals surface area (Å²) in [7, 11) is 1.57. The molecule has 160 valence electrons. The van der Waals surface area contributed by atoms with Crippen molar-refractivity contribution in [2.75, 3.05) is 26.8 Å². The van der Waals surface area contributed by atoms with Gasteiger partial charge in [-0.15, -0.1) is 0 Å². The van der Waals surface area contributed by atoms with Gasteiger partial charge in [0, 0.05) is 31.3 Å². The lowest BCUT2D eigenvalue weighted by Crippen LogP contribution is -2.33. The molecule has 0 unspecified atom stereocenters. The molecule has 0 saturated carbocycles. The number of aromatic nitrogens is 3. The van der Waals surface area contributed by atoms with Gasteiger partial charge >= 0.3 is 0 Å². The average molecular weight is 420 g/mol. The molecule has 1 N–H and O–H groups in total. The maximum Gasteiger partial charge on any atom is 0.260 e. The fourth-order valence-corrected chi connectivity index (χ4v) is 3.66. The molecule has 0 bridgehead atoms. The van der Waals surface area contributed by atoms with Crippen LogP contribution >= 0.6 is 0 Å². The number of H-pyrrole nitrogens is 1. The lowest BCUT2D eigenvalue weighted by molar-refractivity contribution is -0.132. The van der Waals surface area contributed by atoms with Crippen molar-refractivity contribution < 1.29 is 14.3 Å². The number of carbonyl (C=O) groups is 1. The highest BCUT2D eigenvalue weighted by atomic mass is 16.5. The zero-order valence-corrected chi connectivity index (χ0v) is 17.5. The Bertz CT molecular complexity index is 1130. The quantitative estimate of drug-likeness (QED) is 0.658. The van der Waals surface area contributed by atoms with Crippen molar-refractivity contribution in [2.45, 2.75) is 19.3 Å². The largest absolute Gasteiger partial charge is 0.493 e. The third-order valence-corrected chi connectivity index (χ3v) is 5.30. The number of likely N-dealkylation sites (tertiary alicyclic amines) is 1. The maximum absolute atomic E-state index is 12.7. The molecule has 1 aliphatic heterocycles. The number of hydrogen-bond donors (Lipinski definition) is 1. The van der Waals surface area contributed by atoms with E-state index in [0.717, 1.165) is 12.0 Å². The number of aromatic amines is 1. The number of carbonyl (C=O) groups excluding carboxylic acids is 1. The highest BCUT2D eigenvalue weighted by Crippen LogP contribution is 2.29. The Morgan fingerprint density at radius 2 is 2.10 bits per heavy atom. The third-order valence-electron chi connectivity index (χ3n) is 5.30. The van der Waals surface area contributed by atoms with Gasteiger partial charge in [-0.2, -0.15) is 0 Å². The molecule has 4 rings (SSSR count). The molecule has 2 aromatic heterocycles. The zero-order chi connectivity index (χ0) is 21.8. The Labute approximate surface area is 179 Å². The molecule has 8 heteroatoms. The first-order valence-electron chi connectivity index (χ1n) is 10.1. The number of nitrogens with one attached hydrogen (secondary N) is 1. The Hall–Kier alpha value is -3.68. The first kappa shape index (κ1) is 20.6. The molecular formula is C23H24N4O4. The van der Waals surface area contributed by atoms with Crippen molar-refractivity contribution in [1.82, 2.24) is 19.9 Å². The normalized spacial score (nSPS) is 15.7. The number of benzene rings is 1. The number of pyridine rings is 1. The zero-order valence-electron chi connectivity index (χ0n) is 17.5. The Balaban J connectivity index is 1.42. The smallest absolute Gasteiger partial charge is 0.260 e. The summed E-state index contributed by atoms with van der Waals surface area (Å²) in [6, 6.07) is 12.5. The SMILES string of the molecule is COc1cc(C)ccc1OCC(=O)N1CC[C@@H](c2cc(=O)[nH]c(-c3ccccn3)n2)C1. The highest BCUT2D eigenvalue weighted by molar-refractivity contribution is 5.78. The molecule has 0 spiro atoms. The van der Waals surface area contributed by atoms with Gasteiger partial charge in [0.25, 0.3) is 11.5 Å². The monoisotopic (exact) mass is 420 g/mol. The predicted octanol–water partition coefficient (Wildman–Crippen LogP) is 2.54. The van der Waals surface area contributed by atoms with Crippen molar-refractivity contribution >= 4 is 5.91 Å². The summed E-state index contributed by atoms with van der Waals surface area (Å²) in [5.41, 5.74) is 2.09. The van der Waals surface area contributed by atoms with Crippen LogP contribution in [-0.4, -0.2) is 52.6 Å². The van der Waals surface area contributed by atoms with E-state index in [2.05, 4.69) is 15.0 Å². The molecule has 1 atom stereocenters. The fourth-order valence-electron chi connectivity index (χ4n) is 3.66. The molecule has 1 amide bonds. The molecular weight excluding hydrogens is 396 g/mol. The molecule has 3 aromatic rings. The summed E-state index contributed by atoms with van der Waals surface area (Å²) in [5.74, 6) is 1.44. The molecule has 3 heterocycles. The molecule has 1 aromatic carbocycles. The summed E-state index contributed by atoms with van der Waals surface area (Å²) in [5, 5.41) is 0. The molecule has 31 heavy (non-hydrogen) atoms. The number of aryl methyl sites for hydroxylation is 1. The summed E-state index contributed by atoms with van der Waals surface area (Å²) < 4.78 is 11.0. The number of hydrogen-bond acceptors (Lipinski definition) is 6. The van der Waals surface area contributed by atoms with Crippen LogP contribution in [0.25, 0.3) is 11.5 Å². The van der Waals surface area contributed by atoms with E-state index in [1.807, 2.05) is 25.1 Å². The summed E-state index contributed by atoms with van der Waals surface area (Å²) in [6.45, 7) is 2.97. The Kier molecular flexibility index (Phi) is 5.97. The lowest BCUT2D eigenvalue weighted by Gasteiger charge is -2.18. The van der Waals surface area contributed by atoms with Crippen LogP contribution in [0.5, 0.6) is 11.5 Å². The maximum atomic E-state index is 12.7. The molecule has 8 nitrogen and oxygen atoms in total. The van der Waals surface area contributed by atoms with Crippen LogP contribution in [0, 0.1) is 6.92 Å². The minimum absolute atomic E-state index is 0.0115. The molecule has 1 aliphatic rings. The van der Waals surface area contributed by atoms with Gasteiger partial charge < -0.3 is 19.4 Å². The van der Waals surface area contributed by atoms with Crippen LogP contribution in [0.4, 0.5) is 0 Å². The van der Waals surface area contributed by atoms with E-state index in [0.29, 0.717) is 41.8 Å². The van der Waals surface area contributed by atoms with Gasteiger partial charge in [-0.05, 0) is 43.2 Å². The van der Waals surface area contributed by atoms with Gasteiger partial charge in [0.1, 0.15) is 5.69 Å².